The Hall–Kier alpha value is -1.64. The molecule has 1 aromatic rings. The summed E-state index contributed by atoms with van der Waals surface area (Å²) in [5, 5.41) is 0. The zero-order valence-corrected chi connectivity index (χ0v) is 10.7. The minimum absolute atomic E-state index is 0.102. The lowest BCUT2D eigenvalue weighted by atomic mass is 10.1. The topological polar surface area (TPSA) is 21.6 Å². The van der Waals surface area contributed by atoms with Gasteiger partial charge in [0.05, 0.1) is 11.8 Å². The van der Waals surface area contributed by atoms with Gasteiger partial charge in [-0.2, -0.15) is 0 Å². The van der Waals surface area contributed by atoms with E-state index in [1.54, 1.807) is 12.1 Å². The number of nitrogens with zero attached hydrogens (tertiary/aromatic N) is 1. The third-order valence-corrected chi connectivity index (χ3v) is 2.11. The van der Waals surface area contributed by atoms with Crippen molar-refractivity contribution in [3.8, 4) is 0 Å². The molecule has 1 aromatic carbocycles. The van der Waals surface area contributed by atoms with E-state index in [0.29, 0.717) is 0 Å². The summed E-state index contributed by atoms with van der Waals surface area (Å²) in [4.78, 5) is 4.27. The van der Waals surface area contributed by atoms with E-state index in [4.69, 9.17) is 4.74 Å². The van der Waals surface area contributed by atoms with Crippen molar-refractivity contribution in [3.63, 3.8) is 0 Å². The minimum atomic E-state index is -0.246. The van der Waals surface area contributed by atoms with Gasteiger partial charge in [0.25, 0.3) is 0 Å². The number of ether oxygens (including phenoxy) is 1. The number of aliphatic imine (C=N–C) groups is 1. The van der Waals surface area contributed by atoms with Crippen molar-refractivity contribution in [3.05, 3.63) is 41.2 Å². The normalized spacial score (nSPS) is 10.9. The van der Waals surface area contributed by atoms with Crippen LogP contribution in [0.2, 0.25) is 0 Å². The van der Waals surface area contributed by atoms with Crippen LogP contribution in [0.3, 0.4) is 0 Å². The molecule has 0 N–H and O–H groups in total. The molecule has 0 bridgehead atoms. The van der Waals surface area contributed by atoms with E-state index in [2.05, 4.69) is 4.99 Å². The van der Waals surface area contributed by atoms with Crippen LogP contribution in [0.4, 0.5) is 4.39 Å². The zero-order valence-electron chi connectivity index (χ0n) is 10.7. The Morgan fingerprint density at radius 3 is 2.29 bits per heavy atom. The van der Waals surface area contributed by atoms with Crippen LogP contribution in [-0.2, 0) is 4.74 Å². The van der Waals surface area contributed by atoms with E-state index in [-0.39, 0.29) is 11.9 Å². The molecule has 0 saturated carbocycles. The predicted octanol–water partition coefficient (Wildman–Crippen LogP) is 4.03. The average molecular weight is 235 g/mol. The second-order valence-corrected chi connectivity index (χ2v) is 4.27. The van der Waals surface area contributed by atoms with Crippen molar-refractivity contribution in [2.75, 3.05) is 0 Å². The van der Waals surface area contributed by atoms with Crippen molar-refractivity contribution in [1.29, 1.82) is 0 Å². The fraction of sp³-hybridized carbons (Fsp3) is 0.357. The molecule has 0 amide bonds. The Morgan fingerprint density at radius 1 is 1.24 bits per heavy atom. The molecule has 0 spiro atoms. The molecule has 92 valence electrons. The third-order valence-electron chi connectivity index (χ3n) is 2.11. The van der Waals surface area contributed by atoms with Crippen molar-refractivity contribution in [1.82, 2.24) is 0 Å². The molecule has 3 heteroatoms. The molecule has 0 aliphatic carbocycles. The van der Waals surface area contributed by atoms with Gasteiger partial charge in [-0.3, -0.25) is 0 Å². The minimum Gasteiger partial charge on any atom is -0.481 e. The van der Waals surface area contributed by atoms with Gasteiger partial charge in [0.15, 0.2) is 6.40 Å². The molecular weight excluding hydrogens is 217 g/mol. The molecule has 0 saturated heterocycles. The lowest BCUT2D eigenvalue weighted by Crippen LogP contribution is -1.99. The molecular formula is C14H18FNO. The Labute approximate surface area is 102 Å². The summed E-state index contributed by atoms with van der Waals surface area (Å²) >= 11 is 0. The molecule has 0 fully saturated rings. The quantitative estimate of drug-likeness (QED) is 0.570. The number of allylic oxidation sites excluding steroid dienone is 1. The van der Waals surface area contributed by atoms with Crippen molar-refractivity contribution < 1.29 is 9.13 Å². The Kier molecular flexibility index (Phi) is 4.88. The molecule has 0 unspecified atom stereocenters. The van der Waals surface area contributed by atoms with Crippen LogP contribution in [0, 0.1) is 5.82 Å². The summed E-state index contributed by atoms with van der Waals surface area (Å²) in [6, 6.07) is 6.28. The first-order valence-electron chi connectivity index (χ1n) is 5.62. The van der Waals surface area contributed by atoms with Crippen molar-refractivity contribution in [2.45, 2.75) is 33.8 Å². The average Bonchev–Trinajstić information content (AvgIpc) is 2.25. The van der Waals surface area contributed by atoms with Gasteiger partial charge in [0.2, 0.25) is 0 Å². The van der Waals surface area contributed by atoms with Gasteiger partial charge in [-0.1, -0.05) is 0 Å². The summed E-state index contributed by atoms with van der Waals surface area (Å²) in [6.07, 6.45) is 1.54. The van der Waals surface area contributed by atoms with Crippen LogP contribution in [-0.4, -0.2) is 12.5 Å². The van der Waals surface area contributed by atoms with E-state index in [1.807, 2.05) is 27.7 Å². The van der Waals surface area contributed by atoms with Crippen molar-refractivity contribution >= 4 is 12.1 Å². The highest BCUT2D eigenvalue weighted by Crippen LogP contribution is 2.20. The Morgan fingerprint density at radius 2 is 1.82 bits per heavy atom. The number of rotatable bonds is 4. The van der Waals surface area contributed by atoms with Crippen LogP contribution in [0.15, 0.2) is 34.8 Å². The maximum atomic E-state index is 12.8. The fourth-order valence-electron chi connectivity index (χ4n) is 1.30. The van der Waals surface area contributed by atoms with E-state index in [1.165, 1.54) is 18.5 Å². The summed E-state index contributed by atoms with van der Waals surface area (Å²) in [5.74, 6) is -0.246. The molecule has 0 aromatic heterocycles. The maximum Gasteiger partial charge on any atom is 0.174 e. The van der Waals surface area contributed by atoms with Gasteiger partial charge in [-0.05, 0) is 57.5 Å². The Balaban J connectivity index is 2.92. The standard InChI is InChI=1S/C14H18FNO/c1-10(2)14(16-9-17-11(3)4)12-5-7-13(15)8-6-12/h5-9,11H,1-4H3. The van der Waals surface area contributed by atoms with Crippen molar-refractivity contribution in [2.24, 2.45) is 4.99 Å². The van der Waals surface area contributed by atoms with Gasteiger partial charge in [0.1, 0.15) is 5.82 Å². The predicted molar refractivity (Wildman–Crippen MR) is 69.4 cm³/mol. The lowest BCUT2D eigenvalue weighted by Gasteiger charge is -2.06. The molecule has 1 rings (SSSR count). The first-order chi connectivity index (χ1) is 8.00. The molecule has 17 heavy (non-hydrogen) atoms. The van der Waals surface area contributed by atoms with E-state index < -0.39 is 0 Å². The molecule has 0 radical (unpaired) electrons. The second kappa shape index (κ2) is 6.18. The highest BCUT2D eigenvalue weighted by Gasteiger charge is 2.02. The van der Waals surface area contributed by atoms with Gasteiger partial charge in [0, 0.05) is 5.56 Å². The number of halogens is 1. The maximum absolute atomic E-state index is 12.8. The van der Waals surface area contributed by atoms with E-state index in [0.717, 1.165) is 16.8 Å². The van der Waals surface area contributed by atoms with Gasteiger partial charge < -0.3 is 4.74 Å². The molecule has 0 heterocycles. The lowest BCUT2D eigenvalue weighted by molar-refractivity contribution is 0.241. The van der Waals surface area contributed by atoms with Gasteiger partial charge in [-0.25, -0.2) is 9.38 Å². The third kappa shape index (κ3) is 4.39. The molecule has 0 atom stereocenters. The van der Waals surface area contributed by atoms with E-state index in [9.17, 15) is 4.39 Å². The first kappa shape index (κ1) is 13.4. The molecule has 0 aliphatic heterocycles. The highest BCUT2D eigenvalue weighted by atomic mass is 19.1. The number of hydrogen-bond acceptors (Lipinski definition) is 2. The first-order valence-corrected chi connectivity index (χ1v) is 5.62. The van der Waals surface area contributed by atoms with Crippen LogP contribution in [0.1, 0.15) is 33.3 Å². The second-order valence-electron chi connectivity index (χ2n) is 4.27. The summed E-state index contributed by atoms with van der Waals surface area (Å²) in [6.45, 7) is 7.80. The number of hydrogen-bond donors (Lipinski definition) is 0. The highest BCUT2D eigenvalue weighted by molar-refractivity contribution is 5.72. The monoisotopic (exact) mass is 235 g/mol. The van der Waals surface area contributed by atoms with Gasteiger partial charge >= 0.3 is 0 Å². The van der Waals surface area contributed by atoms with Crippen LogP contribution in [0.25, 0.3) is 5.70 Å². The van der Waals surface area contributed by atoms with Gasteiger partial charge in [-0.15, -0.1) is 0 Å². The summed E-state index contributed by atoms with van der Waals surface area (Å²) < 4.78 is 18.1. The number of benzene rings is 1. The zero-order chi connectivity index (χ0) is 12.8. The van der Waals surface area contributed by atoms with Crippen LogP contribution >= 0.6 is 0 Å². The fourth-order valence-corrected chi connectivity index (χ4v) is 1.30. The largest absolute Gasteiger partial charge is 0.481 e. The van der Waals surface area contributed by atoms with E-state index >= 15 is 0 Å². The van der Waals surface area contributed by atoms with Crippen LogP contribution in [0.5, 0.6) is 0 Å². The Bertz CT molecular complexity index is 414. The molecule has 0 aliphatic rings. The summed E-state index contributed by atoms with van der Waals surface area (Å²) in [5.41, 5.74) is 2.75. The summed E-state index contributed by atoms with van der Waals surface area (Å²) in [7, 11) is 0. The van der Waals surface area contributed by atoms with Crippen LogP contribution < -0.4 is 0 Å². The molecule has 2 nitrogen and oxygen atoms in total. The SMILES string of the molecule is CC(C)=C(N=COC(C)C)c1ccc(F)cc1. The smallest absolute Gasteiger partial charge is 0.174 e.